The van der Waals surface area contributed by atoms with Crippen LogP contribution in [0.5, 0.6) is 0 Å². The maximum Gasteiger partial charge on any atom is 0.359 e. The van der Waals surface area contributed by atoms with Gasteiger partial charge < -0.3 is 5.21 Å². The number of nitrogens with zero attached hydrogens (tertiary/aromatic N) is 5. The SMILES string of the molecule is Cn1nc(-c2ccccc2)[n+]([O-])c2c(=O)n(-c3ccccc3)c(=O)nc1-2. The molecule has 0 N–H and O–H groups in total. The molecule has 0 fully saturated rings. The van der Waals surface area contributed by atoms with Gasteiger partial charge in [-0.25, -0.2) is 14.1 Å². The molecule has 0 bridgehead atoms. The van der Waals surface area contributed by atoms with E-state index in [4.69, 9.17) is 0 Å². The summed E-state index contributed by atoms with van der Waals surface area (Å²) in [5.41, 5.74) is -0.853. The number of rotatable bonds is 2. The molecular weight excluding hydrogens is 334 g/mol. The standard InChI is InChI=1S/C18H13N5O3/c1-21-16-14(23(26)15(20-21)12-8-4-2-5-9-12)17(24)22(18(25)19-16)13-10-6-3-7-11-13/h2-11H,1H3. The van der Waals surface area contributed by atoms with Crippen molar-refractivity contribution in [3.05, 3.63) is 86.7 Å². The van der Waals surface area contributed by atoms with Gasteiger partial charge in [-0.15, -0.1) is 0 Å². The highest BCUT2D eigenvalue weighted by Gasteiger charge is 2.28. The van der Waals surface area contributed by atoms with E-state index in [1.165, 1.54) is 11.7 Å². The molecule has 0 unspecified atom stereocenters. The molecule has 0 amide bonds. The van der Waals surface area contributed by atoms with Crippen LogP contribution in [0.4, 0.5) is 0 Å². The number of benzene rings is 2. The van der Waals surface area contributed by atoms with Crippen LogP contribution >= 0.6 is 0 Å². The molecule has 0 saturated heterocycles. The molecule has 0 atom stereocenters. The fourth-order valence-electron chi connectivity index (χ4n) is 2.79. The molecule has 2 heterocycles. The minimum atomic E-state index is -0.765. The van der Waals surface area contributed by atoms with Crippen molar-refractivity contribution < 1.29 is 4.73 Å². The first-order valence-electron chi connectivity index (χ1n) is 7.82. The highest BCUT2D eigenvalue weighted by Crippen LogP contribution is 2.16. The van der Waals surface area contributed by atoms with E-state index in [0.29, 0.717) is 16.0 Å². The van der Waals surface area contributed by atoms with E-state index in [0.717, 1.165) is 4.57 Å². The molecule has 2 aromatic carbocycles. The predicted molar refractivity (Wildman–Crippen MR) is 93.9 cm³/mol. The fraction of sp³-hybridized carbons (Fsp3) is 0.0556. The van der Waals surface area contributed by atoms with Gasteiger partial charge in [0.25, 0.3) is 0 Å². The van der Waals surface area contributed by atoms with E-state index < -0.39 is 11.2 Å². The normalized spacial score (nSPS) is 11.0. The molecule has 0 spiro atoms. The summed E-state index contributed by atoms with van der Waals surface area (Å²) in [5.74, 6) is -0.0142. The van der Waals surface area contributed by atoms with Gasteiger partial charge in [0.1, 0.15) is 0 Å². The molecule has 0 radical (unpaired) electrons. The minimum Gasteiger partial charge on any atom is -0.710 e. The van der Waals surface area contributed by atoms with Crippen molar-refractivity contribution in [3.63, 3.8) is 0 Å². The summed E-state index contributed by atoms with van der Waals surface area (Å²) < 4.78 is 2.58. The minimum absolute atomic E-state index is 0.0535. The first-order valence-corrected chi connectivity index (χ1v) is 7.82. The first kappa shape index (κ1) is 15.7. The Hall–Kier alpha value is -3.81. The van der Waals surface area contributed by atoms with Crippen LogP contribution in [0.1, 0.15) is 0 Å². The molecule has 0 aliphatic carbocycles. The maximum atomic E-state index is 13.0. The number of hydrogen-bond acceptors (Lipinski definition) is 5. The maximum absolute atomic E-state index is 13.0. The Morgan fingerprint density at radius 1 is 0.962 bits per heavy atom. The van der Waals surface area contributed by atoms with Crippen LogP contribution in [0.25, 0.3) is 28.6 Å². The molecule has 0 aromatic heterocycles. The van der Waals surface area contributed by atoms with Gasteiger partial charge in [-0.05, 0) is 24.3 Å². The lowest BCUT2D eigenvalue weighted by atomic mass is 10.2. The summed E-state index contributed by atoms with van der Waals surface area (Å²) >= 11 is 0. The quantitative estimate of drug-likeness (QED) is 0.393. The number of aryl methyl sites for hydroxylation is 1. The summed E-state index contributed by atoms with van der Waals surface area (Å²) in [6.45, 7) is 0. The molecule has 0 saturated carbocycles. The van der Waals surface area contributed by atoms with Crippen LogP contribution in [0.15, 0.2) is 70.3 Å². The van der Waals surface area contributed by atoms with Crippen LogP contribution in [-0.4, -0.2) is 19.3 Å². The highest BCUT2D eigenvalue weighted by molar-refractivity contribution is 5.54. The Morgan fingerprint density at radius 2 is 1.58 bits per heavy atom. The lowest BCUT2D eigenvalue weighted by molar-refractivity contribution is -0.587. The summed E-state index contributed by atoms with van der Waals surface area (Å²) in [4.78, 5) is 29.2. The fourth-order valence-corrected chi connectivity index (χ4v) is 2.79. The zero-order chi connectivity index (χ0) is 18.3. The van der Waals surface area contributed by atoms with Crippen LogP contribution in [0, 0.1) is 5.21 Å². The molecule has 26 heavy (non-hydrogen) atoms. The van der Waals surface area contributed by atoms with E-state index >= 15 is 0 Å². The van der Waals surface area contributed by atoms with E-state index in [1.807, 2.05) is 6.07 Å². The Morgan fingerprint density at radius 3 is 2.23 bits per heavy atom. The number of aromatic nitrogens is 5. The molecule has 2 aliphatic rings. The van der Waals surface area contributed by atoms with Crippen LogP contribution in [0.3, 0.4) is 0 Å². The van der Waals surface area contributed by atoms with Crippen molar-refractivity contribution >= 4 is 0 Å². The monoisotopic (exact) mass is 347 g/mol. The summed E-state index contributed by atoms with van der Waals surface area (Å²) in [6.07, 6.45) is 0. The lowest BCUT2D eigenvalue weighted by Gasteiger charge is -2.15. The number of fused-ring (bicyclic) bond motifs is 1. The van der Waals surface area contributed by atoms with Gasteiger partial charge in [0, 0.05) is 0 Å². The third-order valence-corrected chi connectivity index (χ3v) is 4.00. The van der Waals surface area contributed by atoms with Crippen molar-refractivity contribution in [2.45, 2.75) is 0 Å². The van der Waals surface area contributed by atoms with Crippen molar-refractivity contribution in [2.75, 3.05) is 0 Å². The van der Waals surface area contributed by atoms with Gasteiger partial charge in [-0.2, -0.15) is 9.67 Å². The molecule has 2 aliphatic heterocycles. The third-order valence-electron chi connectivity index (χ3n) is 4.00. The summed E-state index contributed by atoms with van der Waals surface area (Å²) in [7, 11) is 1.54. The summed E-state index contributed by atoms with van der Waals surface area (Å²) in [5, 5.41) is 17.1. The lowest BCUT2D eigenvalue weighted by Crippen LogP contribution is -2.47. The second kappa shape index (κ2) is 5.92. The highest BCUT2D eigenvalue weighted by atomic mass is 16.5. The number of para-hydroxylation sites is 1. The van der Waals surface area contributed by atoms with Crippen LogP contribution < -0.4 is 16.0 Å². The Balaban J connectivity index is 2.11. The van der Waals surface area contributed by atoms with E-state index in [2.05, 4.69) is 10.1 Å². The Bertz CT molecular complexity index is 1180. The second-order valence-corrected chi connectivity index (χ2v) is 5.65. The largest absolute Gasteiger partial charge is 0.710 e. The zero-order valence-corrected chi connectivity index (χ0v) is 13.7. The van der Waals surface area contributed by atoms with Gasteiger partial charge in [0.15, 0.2) is 0 Å². The second-order valence-electron chi connectivity index (χ2n) is 5.65. The van der Waals surface area contributed by atoms with Gasteiger partial charge in [0.2, 0.25) is 11.5 Å². The smallest absolute Gasteiger partial charge is 0.359 e. The molecule has 128 valence electrons. The van der Waals surface area contributed by atoms with E-state index in [-0.39, 0.29) is 17.3 Å². The first-order chi connectivity index (χ1) is 12.6. The molecular formula is C18H13N5O3. The Kier molecular flexibility index (Phi) is 3.58. The van der Waals surface area contributed by atoms with E-state index in [9.17, 15) is 14.8 Å². The summed E-state index contributed by atoms with van der Waals surface area (Å²) in [6, 6.07) is 17.1. The predicted octanol–water partition coefficient (Wildman–Crippen LogP) is 0.731. The van der Waals surface area contributed by atoms with Crippen molar-refractivity contribution in [1.29, 1.82) is 0 Å². The van der Waals surface area contributed by atoms with Crippen molar-refractivity contribution in [3.8, 4) is 28.6 Å². The molecule has 4 rings (SSSR count). The van der Waals surface area contributed by atoms with Gasteiger partial charge in [-0.1, -0.05) is 36.4 Å². The average molecular weight is 347 g/mol. The average Bonchev–Trinajstić information content (AvgIpc) is 2.66. The Labute approximate surface area is 147 Å². The van der Waals surface area contributed by atoms with Crippen molar-refractivity contribution in [1.82, 2.24) is 19.3 Å². The third kappa shape index (κ3) is 2.35. The van der Waals surface area contributed by atoms with Gasteiger partial charge in [-0.3, -0.25) is 4.79 Å². The van der Waals surface area contributed by atoms with Crippen molar-refractivity contribution in [2.24, 2.45) is 7.05 Å². The van der Waals surface area contributed by atoms with E-state index in [1.54, 1.807) is 54.6 Å². The van der Waals surface area contributed by atoms with Crippen LogP contribution in [-0.2, 0) is 7.05 Å². The zero-order valence-electron chi connectivity index (χ0n) is 13.7. The topological polar surface area (TPSA) is 96.7 Å². The van der Waals surface area contributed by atoms with Gasteiger partial charge >= 0.3 is 17.1 Å². The molecule has 2 aromatic rings. The molecule has 8 nitrogen and oxygen atoms in total. The molecule has 8 heteroatoms. The number of hydrogen-bond donors (Lipinski definition) is 0. The van der Waals surface area contributed by atoms with Crippen LogP contribution in [0.2, 0.25) is 0 Å². The van der Waals surface area contributed by atoms with Gasteiger partial charge in [0.05, 0.1) is 23.4 Å².